The fourth-order valence-electron chi connectivity index (χ4n) is 1.18. The first-order chi connectivity index (χ1) is 7.57. The smallest absolute Gasteiger partial charge is 0.315 e. The van der Waals surface area contributed by atoms with Crippen molar-refractivity contribution in [1.82, 2.24) is 4.98 Å². The topological polar surface area (TPSA) is 82.0 Å². The summed E-state index contributed by atoms with van der Waals surface area (Å²) in [5, 5.41) is 10.7. The predicted molar refractivity (Wildman–Crippen MR) is 65.4 cm³/mol. The van der Waals surface area contributed by atoms with Gasteiger partial charge in [-0.15, -0.1) is 0 Å². The molecule has 0 spiro atoms. The van der Waals surface area contributed by atoms with E-state index in [1.807, 2.05) is 0 Å². The number of pyridine rings is 1. The summed E-state index contributed by atoms with van der Waals surface area (Å²) in [6, 6.07) is 0. The van der Waals surface area contributed by atoms with Crippen LogP contribution in [0, 0.1) is 28.9 Å². The monoisotopic (exact) mass is 237 g/mol. The number of nitro groups is 1. The van der Waals surface area contributed by atoms with E-state index in [2.05, 4.69) is 29.5 Å². The lowest BCUT2D eigenvalue weighted by Gasteiger charge is -2.01. The van der Waals surface area contributed by atoms with Gasteiger partial charge in [0, 0.05) is 23.9 Å². The molecule has 1 aromatic heterocycles. The number of aromatic nitrogens is 1. The molecule has 0 unspecified atom stereocenters. The average molecular weight is 237 g/mol. The predicted octanol–water partition coefficient (Wildman–Crippen LogP) is 1.55. The number of nitrogen functional groups attached to an aromatic ring is 1. The molecule has 0 aliphatic rings. The molecule has 0 saturated heterocycles. The molecule has 0 radical (unpaired) electrons. The third-order valence-electron chi connectivity index (χ3n) is 1.98. The van der Waals surface area contributed by atoms with Gasteiger partial charge < -0.3 is 5.73 Å². The van der Waals surface area contributed by atoms with Crippen molar-refractivity contribution in [2.75, 3.05) is 11.5 Å². The molecule has 16 heavy (non-hydrogen) atoms. The minimum Gasteiger partial charge on any atom is -0.378 e. The van der Waals surface area contributed by atoms with Crippen molar-refractivity contribution in [3.8, 4) is 11.8 Å². The SMILES string of the molecule is Cc1c(C#CCCS)cnc(N)c1[N+](=O)[O-]. The Kier molecular flexibility index (Phi) is 4.14. The van der Waals surface area contributed by atoms with Crippen LogP contribution in [0.15, 0.2) is 6.20 Å². The summed E-state index contributed by atoms with van der Waals surface area (Å²) >= 11 is 4.02. The van der Waals surface area contributed by atoms with E-state index in [-0.39, 0.29) is 11.5 Å². The number of hydrogen-bond acceptors (Lipinski definition) is 5. The molecular formula is C10H11N3O2S. The largest absolute Gasteiger partial charge is 0.378 e. The Balaban J connectivity index is 3.20. The maximum Gasteiger partial charge on any atom is 0.315 e. The number of anilines is 1. The van der Waals surface area contributed by atoms with Crippen LogP contribution in [0.4, 0.5) is 11.5 Å². The summed E-state index contributed by atoms with van der Waals surface area (Å²) in [6.07, 6.45) is 2.07. The molecule has 0 saturated carbocycles. The number of nitrogens with two attached hydrogens (primary N) is 1. The van der Waals surface area contributed by atoms with Crippen LogP contribution in [0.3, 0.4) is 0 Å². The zero-order valence-corrected chi connectivity index (χ0v) is 9.62. The van der Waals surface area contributed by atoms with Gasteiger partial charge >= 0.3 is 5.69 Å². The molecule has 1 rings (SSSR count). The lowest BCUT2D eigenvalue weighted by molar-refractivity contribution is -0.384. The van der Waals surface area contributed by atoms with Gasteiger partial charge in [-0.2, -0.15) is 12.6 Å². The van der Waals surface area contributed by atoms with Crippen LogP contribution >= 0.6 is 12.6 Å². The van der Waals surface area contributed by atoms with E-state index in [1.54, 1.807) is 6.92 Å². The van der Waals surface area contributed by atoms with Crippen LogP contribution in [-0.2, 0) is 0 Å². The van der Waals surface area contributed by atoms with Crippen molar-refractivity contribution in [3.05, 3.63) is 27.4 Å². The lowest BCUT2D eigenvalue weighted by Crippen LogP contribution is -2.02. The van der Waals surface area contributed by atoms with Crippen molar-refractivity contribution in [3.63, 3.8) is 0 Å². The third kappa shape index (κ3) is 2.64. The molecule has 1 heterocycles. The number of nitrogens with zero attached hydrogens (tertiary/aromatic N) is 2. The van der Waals surface area contributed by atoms with Gasteiger partial charge in [0.05, 0.1) is 10.5 Å². The minimum absolute atomic E-state index is 0.0813. The standard InChI is InChI=1S/C10H11N3O2S/c1-7-8(4-2-3-5-16)6-12-10(11)9(7)13(14)15/h6,16H,3,5H2,1H3,(H2,11,12). The van der Waals surface area contributed by atoms with E-state index in [0.29, 0.717) is 23.3 Å². The third-order valence-corrected chi connectivity index (χ3v) is 2.20. The Morgan fingerprint density at radius 3 is 2.94 bits per heavy atom. The van der Waals surface area contributed by atoms with Gasteiger partial charge in [-0.25, -0.2) is 4.98 Å². The Hall–Kier alpha value is -1.74. The van der Waals surface area contributed by atoms with Crippen LogP contribution in [0.5, 0.6) is 0 Å². The van der Waals surface area contributed by atoms with Gasteiger partial charge in [-0.1, -0.05) is 11.8 Å². The van der Waals surface area contributed by atoms with Crippen molar-refractivity contribution in [2.24, 2.45) is 0 Å². The second-order valence-electron chi connectivity index (χ2n) is 3.06. The summed E-state index contributed by atoms with van der Waals surface area (Å²) in [7, 11) is 0. The van der Waals surface area contributed by atoms with Crippen LogP contribution in [0.1, 0.15) is 17.5 Å². The van der Waals surface area contributed by atoms with E-state index in [1.165, 1.54) is 6.20 Å². The quantitative estimate of drug-likeness (QED) is 0.354. The highest BCUT2D eigenvalue weighted by Gasteiger charge is 2.18. The Morgan fingerprint density at radius 2 is 2.38 bits per heavy atom. The van der Waals surface area contributed by atoms with Crippen molar-refractivity contribution in [1.29, 1.82) is 0 Å². The second kappa shape index (κ2) is 5.37. The van der Waals surface area contributed by atoms with Crippen LogP contribution in [0.25, 0.3) is 0 Å². The summed E-state index contributed by atoms with van der Waals surface area (Å²) in [4.78, 5) is 14.0. The highest BCUT2D eigenvalue weighted by molar-refractivity contribution is 7.80. The first-order valence-corrected chi connectivity index (χ1v) is 5.20. The Morgan fingerprint density at radius 1 is 1.69 bits per heavy atom. The molecule has 5 nitrogen and oxygen atoms in total. The molecule has 0 amide bonds. The molecule has 84 valence electrons. The summed E-state index contributed by atoms with van der Waals surface area (Å²) in [6.45, 7) is 1.61. The molecule has 0 fully saturated rings. The molecule has 0 aliphatic heterocycles. The first-order valence-electron chi connectivity index (χ1n) is 4.57. The number of hydrogen-bond donors (Lipinski definition) is 2. The molecule has 6 heteroatoms. The first kappa shape index (κ1) is 12.3. The maximum atomic E-state index is 10.7. The second-order valence-corrected chi connectivity index (χ2v) is 3.51. The van der Waals surface area contributed by atoms with Crippen LogP contribution in [0.2, 0.25) is 0 Å². The average Bonchev–Trinajstić information content (AvgIpc) is 2.21. The molecule has 0 atom stereocenters. The highest BCUT2D eigenvalue weighted by atomic mass is 32.1. The van der Waals surface area contributed by atoms with E-state index < -0.39 is 4.92 Å². The van der Waals surface area contributed by atoms with Crippen LogP contribution < -0.4 is 5.73 Å². The van der Waals surface area contributed by atoms with Crippen LogP contribution in [-0.4, -0.2) is 15.7 Å². The van der Waals surface area contributed by atoms with E-state index in [4.69, 9.17) is 5.73 Å². The van der Waals surface area contributed by atoms with Crippen molar-refractivity contribution in [2.45, 2.75) is 13.3 Å². The molecule has 0 aromatic carbocycles. The van der Waals surface area contributed by atoms with Crippen molar-refractivity contribution < 1.29 is 4.92 Å². The van der Waals surface area contributed by atoms with Gasteiger partial charge in [0.15, 0.2) is 0 Å². The van der Waals surface area contributed by atoms with E-state index in [0.717, 1.165) is 0 Å². The normalized spacial score (nSPS) is 9.38. The van der Waals surface area contributed by atoms with Gasteiger partial charge in [-0.3, -0.25) is 10.1 Å². The molecule has 0 bridgehead atoms. The zero-order chi connectivity index (χ0) is 12.1. The summed E-state index contributed by atoms with van der Waals surface area (Å²) < 4.78 is 0. The zero-order valence-electron chi connectivity index (χ0n) is 8.73. The Bertz CT molecular complexity index is 477. The summed E-state index contributed by atoms with van der Waals surface area (Å²) in [5.74, 6) is 6.23. The van der Waals surface area contributed by atoms with E-state index >= 15 is 0 Å². The fourth-order valence-corrected chi connectivity index (χ4v) is 1.29. The number of rotatable bonds is 2. The van der Waals surface area contributed by atoms with Gasteiger partial charge in [0.25, 0.3) is 0 Å². The van der Waals surface area contributed by atoms with Gasteiger partial charge in [-0.05, 0) is 6.92 Å². The summed E-state index contributed by atoms with van der Waals surface area (Å²) in [5.41, 5.74) is 6.24. The van der Waals surface area contributed by atoms with E-state index in [9.17, 15) is 10.1 Å². The number of thiol groups is 1. The highest BCUT2D eigenvalue weighted by Crippen LogP contribution is 2.25. The molecular weight excluding hydrogens is 226 g/mol. The van der Waals surface area contributed by atoms with Crippen molar-refractivity contribution >= 4 is 24.1 Å². The Labute approximate surface area is 98.6 Å². The van der Waals surface area contributed by atoms with Gasteiger partial charge in [0.1, 0.15) is 0 Å². The molecule has 1 aromatic rings. The lowest BCUT2D eigenvalue weighted by atomic mass is 10.1. The maximum absolute atomic E-state index is 10.7. The molecule has 0 aliphatic carbocycles. The minimum atomic E-state index is -0.540. The fraction of sp³-hybridized carbons (Fsp3) is 0.300. The van der Waals surface area contributed by atoms with Gasteiger partial charge in [0.2, 0.25) is 5.82 Å². The molecule has 2 N–H and O–H groups in total.